The summed E-state index contributed by atoms with van der Waals surface area (Å²) in [6.45, 7) is 8.64. The highest BCUT2D eigenvalue weighted by Crippen LogP contribution is 2.18. The number of likely N-dealkylation sites (tertiary alicyclic amines) is 1. The average molecular weight is 271 g/mol. The first kappa shape index (κ1) is 15.4. The van der Waals surface area contributed by atoms with Gasteiger partial charge in [0.05, 0.1) is 11.0 Å². The normalized spacial score (nSPS) is 22.8. The van der Waals surface area contributed by atoms with E-state index < -0.39 is 0 Å². The van der Waals surface area contributed by atoms with Crippen LogP contribution in [-0.2, 0) is 4.79 Å². The number of hydrogen-bond acceptors (Lipinski definition) is 3. The number of carbonyl (C=O) groups is 1. The summed E-state index contributed by atoms with van der Waals surface area (Å²) in [6.07, 6.45) is 2.11. The van der Waals surface area contributed by atoms with Gasteiger partial charge in [0.15, 0.2) is 0 Å². The third kappa shape index (κ3) is 4.53. The molecule has 0 saturated carbocycles. The van der Waals surface area contributed by atoms with Crippen molar-refractivity contribution in [2.45, 2.75) is 39.7 Å². The number of nitrogens with zero attached hydrogens (tertiary/aromatic N) is 1. The molecule has 1 rings (SSSR count). The van der Waals surface area contributed by atoms with Crippen molar-refractivity contribution in [1.29, 1.82) is 0 Å². The second kappa shape index (κ2) is 7.04. The third-order valence-corrected chi connectivity index (χ3v) is 3.80. The lowest BCUT2D eigenvalue weighted by Gasteiger charge is -2.35. The second-order valence-corrected chi connectivity index (χ2v) is 6.02. The predicted molar refractivity (Wildman–Crippen MR) is 78.4 cm³/mol. The summed E-state index contributed by atoms with van der Waals surface area (Å²) in [5.74, 6) is 0.841. The quantitative estimate of drug-likeness (QED) is 0.736. The number of carbonyl (C=O) groups excluding carboxylic acids is 1. The number of thiocarbonyl (C=S) groups is 1. The maximum absolute atomic E-state index is 12.0. The Labute approximate surface area is 115 Å². The van der Waals surface area contributed by atoms with Crippen LogP contribution >= 0.6 is 12.2 Å². The molecular formula is C13H25N3OS. The molecule has 104 valence electrons. The Hall–Kier alpha value is -0.680. The van der Waals surface area contributed by atoms with Gasteiger partial charge in [-0.3, -0.25) is 9.69 Å². The zero-order valence-corrected chi connectivity index (χ0v) is 12.4. The standard InChI is InChI=1S/C13H25N3OS/c1-9(2)7-15-13(17)10(3)16-6-4-5-11(8-16)12(14)18/h9-11H,4-8H2,1-3H3,(H2,14,18)(H,15,17). The molecule has 0 bridgehead atoms. The van der Waals surface area contributed by atoms with Crippen molar-refractivity contribution in [3.8, 4) is 0 Å². The molecule has 1 saturated heterocycles. The lowest BCUT2D eigenvalue weighted by Crippen LogP contribution is -2.51. The van der Waals surface area contributed by atoms with Crippen molar-refractivity contribution in [2.24, 2.45) is 17.6 Å². The minimum Gasteiger partial charge on any atom is -0.393 e. The largest absolute Gasteiger partial charge is 0.393 e. The van der Waals surface area contributed by atoms with E-state index in [-0.39, 0.29) is 17.9 Å². The fourth-order valence-electron chi connectivity index (χ4n) is 2.21. The zero-order chi connectivity index (χ0) is 13.7. The molecule has 1 aliphatic rings. The van der Waals surface area contributed by atoms with Crippen molar-refractivity contribution in [3.63, 3.8) is 0 Å². The van der Waals surface area contributed by atoms with Crippen LogP contribution in [0.1, 0.15) is 33.6 Å². The van der Waals surface area contributed by atoms with E-state index >= 15 is 0 Å². The highest BCUT2D eigenvalue weighted by atomic mass is 32.1. The van der Waals surface area contributed by atoms with Crippen LogP contribution in [0.25, 0.3) is 0 Å². The maximum atomic E-state index is 12.0. The lowest BCUT2D eigenvalue weighted by atomic mass is 9.97. The Morgan fingerprint density at radius 2 is 2.17 bits per heavy atom. The van der Waals surface area contributed by atoms with Crippen molar-refractivity contribution >= 4 is 23.1 Å². The first-order valence-corrected chi connectivity index (χ1v) is 7.13. The summed E-state index contributed by atoms with van der Waals surface area (Å²) in [5, 5.41) is 2.98. The highest BCUT2D eigenvalue weighted by Gasteiger charge is 2.28. The monoisotopic (exact) mass is 271 g/mol. The smallest absolute Gasteiger partial charge is 0.237 e. The van der Waals surface area contributed by atoms with Crippen LogP contribution in [0.2, 0.25) is 0 Å². The van der Waals surface area contributed by atoms with Gasteiger partial charge in [-0.25, -0.2) is 0 Å². The van der Waals surface area contributed by atoms with Gasteiger partial charge >= 0.3 is 0 Å². The van der Waals surface area contributed by atoms with Crippen LogP contribution in [0.5, 0.6) is 0 Å². The Kier molecular flexibility index (Phi) is 6.02. The molecule has 0 aromatic carbocycles. The number of nitrogens with one attached hydrogen (secondary N) is 1. The number of piperidine rings is 1. The summed E-state index contributed by atoms with van der Waals surface area (Å²) < 4.78 is 0. The van der Waals surface area contributed by atoms with Crippen LogP contribution in [0, 0.1) is 11.8 Å². The molecule has 1 heterocycles. The van der Waals surface area contributed by atoms with Crippen LogP contribution in [0.4, 0.5) is 0 Å². The van der Waals surface area contributed by atoms with Gasteiger partial charge in [0.2, 0.25) is 5.91 Å². The number of rotatable bonds is 5. The lowest BCUT2D eigenvalue weighted by molar-refractivity contribution is -0.126. The van der Waals surface area contributed by atoms with Gasteiger partial charge in [-0.1, -0.05) is 26.1 Å². The zero-order valence-electron chi connectivity index (χ0n) is 11.6. The van der Waals surface area contributed by atoms with Gasteiger partial charge in [0, 0.05) is 19.0 Å². The highest BCUT2D eigenvalue weighted by molar-refractivity contribution is 7.80. The molecule has 4 nitrogen and oxygen atoms in total. The van der Waals surface area contributed by atoms with Gasteiger partial charge in [-0.15, -0.1) is 0 Å². The van der Waals surface area contributed by atoms with Gasteiger partial charge in [-0.2, -0.15) is 0 Å². The Balaban J connectivity index is 2.47. The second-order valence-electron chi connectivity index (χ2n) is 5.55. The summed E-state index contributed by atoms with van der Waals surface area (Å²) in [4.78, 5) is 14.8. The van der Waals surface area contributed by atoms with E-state index in [9.17, 15) is 4.79 Å². The SMILES string of the molecule is CC(C)CNC(=O)C(C)N1CCCC(C(N)=S)C1. The Morgan fingerprint density at radius 3 is 2.72 bits per heavy atom. The molecular weight excluding hydrogens is 246 g/mol. The average Bonchev–Trinajstić information content (AvgIpc) is 2.35. The first-order chi connectivity index (χ1) is 8.41. The molecule has 2 atom stereocenters. The van der Waals surface area contributed by atoms with Gasteiger partial charge in [0.25, 0.3) is 0 Å². The van der Waals surface area contributed by atoms with E-state index in [0.29, 0.717) is 10.9 Å². The van der Waals surface area contributed by atoms with E-state index in [1.807, 2.05) is 6.92 Å². The number of amides is 1. The summed E-state index contributed by atoms with van der Waals surface area (Å²) in [5.41, 5.74) is 5.71. The Morgan fingerprint density at radius 1 is 1.50 bits per heavy atom. The predicted octanol–water partition coefficient (Wildman–Crippen LogP) is 1.15. The molecule has 0 aromatic heterocycles. The van der Waals surface area contributed by atoms with Crippen molar-refractivity contribution in [3.05, 3.63) is 0 Å². The minimum absolute atomic E-state index is 0.0964. The van der Waals surface area contributed by atoms with Gasteiger partial charge < -0.3 is 11.1 Å². The molecule has 0 aliphatic carbocycles. The van der Waals surface area contributed by atoms with Crippen LogP contribution in [0.3, 0.4) is 0 Å². The number of nitrogens with two attached hydrogens (primary N) is 1. The summed E-state index contributed by atoms with van der Waals surface area (Å²) in [6, 6.07) is -0.0964. The molecule has 3 N–H and O–H groups in total. The van der Waals surface area contributed by atoms with Crippen molar-refractivity contribution in [1.82, 2.24) is 10.2 Å². The van der Waals surface area contributed by atoms with E-state index in [2.05, 4.69) is 24.1 Å². The number of hydrogen-bond donors (Lipinski definition) is 2. The molecule has 1 amide bonds. The van der Waals surface area contributed by atoms with E-state index in [0.717, 1.165) is 32.5 Å². The minimum atomic E-state index is -0.0964. The fraction of sp³-hybridized carbons (Fsp3) is 0.846. The van der Waals surface area contributed by atoms with Gasteiger partial charge in [0.1, 0.15) is 0 Å². The van der Waals surface area contributed by atoms with E-state index in [4.69, 9.17) is 18.0 Å². The van der Waals surface area contributed by atoms with E-state index in [1.165, 1.54) is 0 Å². The third-order valence-electron chi connectivity index (χ3n) is 3.47. The molecule has 1 aliphatic heterocycles. The molecule has 0 aromatic rings. The fourth-order valence-corrected chi connectivity index (χ4v) is 2.40. The molecule has 5 heteroatoms. The van der Waals surface area contributed by atoms with Crippen LogP contribution in [0.15, 0.2) is 0 Å². The maximum Gasteiger partial charge on any atom is 0.237 e. The van der Waals surface area contributed by atoms with Crippen molar-refractivity contribution in [2.75, 3.05) is 19.6 Å². The van der Waals surface area contributed by atoms with Gasteiger partial charge in [-0.05, 0) is 32.2 Å². The molecule has 2 unspecified atom stereocenters. The van der Waals surface area contributed by atoms with Crippen LogP contribution < -0.4 is 11.1 Å². The summed E-state index contributed by atoms with van der Waals surface area (Å²) in [7, 11) is 0. The molecule has 0 spiro atoms. The van der Waals surface area contributed by atoms with Crippen LogP contribution in [-0.4, -0.2) is 41.5 Å². The topological polar surface area (TPSA) is 58.4 Å². The molecule has 1 fully saturated rings. The van der Waals surface area contributed by atoms with E-state index in [1.54, 1.807) is 0 Å². The summed E-state index contributed by atoms with van der Waals surface area (Å²) >= 11 is 5.06. The molecule has 0 radical (unpaired) electrons. The Bertz CT molecular complexity index is 307. The van der Waals surface area contributed by atoms with Crippen molar-refractivity contribution < 1.29 is 4.79 Å². The molecule has 18 heavy (non-hydrogen) atoms. The first-order valence-electron chi connectivity index (χ1n) is 6.73.